The van der Waals surface area contributed by atoms with Gasteiger partial charge in [0.25, 0.3) is 5.91 Å². The zero-order valence-electron chi connectivity index (χ0n) is 12.7. The molecule has 1 saturated carbocycles. The Labute approximate surface area is 124 Å². The highest BCUT2D eigenvalue weighted by molar-refractivity contribution is 5.92. The van der Waals surface area contributed by atoms with Crippen molar-refractivity contribution in [3.63, 3.8) is 0 Å². The minimum Gasteiger partial charge on any atom is -0.481 e. The molecule has 0 radical (unpaired) electrons. The molecule has 0 unspecified atom stereocenters. The quantitative estimate of drug-likeness (QED) is 0.845. The first-order valence-corrected chi connectivity index (χ1v) is 7.65. The molecule has 1 aliphatic carbocycles. The number of amides is 1. The summed E-state index contributed by atoms with van der Waals surface area (Å²) in [5, 5.41) is 12.0. The van der Waals surface area contributed by atoms with Crippen LogP contribution in [0.3, 0.4) is 0 Å². The van der Waals surface area contributed by atoms with Crippen molar-refractivity contribution in [2.45, 2.75) is 64.3 Å². The molecule has 2 rings (SSSR count). The summed E-state index contributed by atoms with van der Waals surface area (Å²) in [6, 6.07) is 1.78. The molecule has 116 valence electrons. The molecular weight excluding hydrogens is 270 g/mol. The van der Waals surface area contributed by atoms with Gasteiger partial charge in [-0.25, -0.2) is 0 Å². The van der Waals surface area contributed by atoms with Crippen molar-refractivity contribution in [3.8, 4) is 0 Å². The third kappa shape index (κ3) is 3.46. The molecule has 1 amide bonds. The first kappa shape index (κ1) is 15.6. The fourth-order valence-electron chi connectivity index (χ4n) is 3.17. The minimum absolute atomic E-state index is 0.0271. The number of furan rings is 1. The number of carbonyl (C=O) groups is 2. The van der Waals surface area contributed by atoms with E-state index in [-0.39, 0.29) is 12.3 Å². The second kappa shape index (κ2) is 6.33. The van der Waals surface area contributed by atoms with Crippen LogP contribution >= 0.6 is 0 Å². The van der Waals surface area contributed by atoms with Gasteiger partial charge < -0.3 is 14.8 Å². The summed E-state index contributed by atoms with van der Waals surface area (Å²) in [4.78, 5) is 23.4. The highest BCUT2D eigenvalue weighted by Crippen LogP contribution is 2.33. The summed E-state index contributed by atoms with van der Waals surface area (Å²) < 4.78 is 5.62. The van der Waals surface area contributed by atoms with Gasteiger partial charge in [-0.05, 0) is 30.9 Å². The number of aryl methyl sites for hydroxylation is 2. The van der Waals surface area contributed by atoms with E-state index in [2.05, 4.69) is 5.32 Å². The number of carboxylic acids is 1. The van der Waals surface area contributed by atoms with E-state index in [0.717, 1.165) is 37.0 Å². The molecule has 2 N–H and O–H groups in total. The van der Waals surface area contributed by atoms with E-state index in [1.165, 1.54) is 0 Å². The molecule has 0 aromatic carbocycles. The zero-order valence-corrected chi connectivity index (χ0v) is 12.7. The van der Waals surface area contributed by atoms with E-state index >= 15 is 0 Å². The normalized spacial score (nSPS) is 16.9. The lowest BCUT2D eigenvalue weighted by molar-refractivity contribution is -0.138. The molecule has 1 heterocycles. The van der Waals surface area contributed by atoms with E-state index in [1.807, 2.05) is 13.8 Å². The van der Waals surface area contributed by atoms with Crippen LogP contribution in [-0.2, 0) is 17.6 Å². The highest BCUT2D eigenvalue weighted by atomic mass is 16.4. The summed E-state index contributed by atoms with van der Waals surface area (Å²) in [5.41, 5.74) is 0.426. The lowest BCUT2D eigenvalue weighted by atomic mass is 9.93. The zero-order chi connectivity index (χ0) is 15.5. The Morgan fingerprint density at radius 3 is 2.43 bits per heavy atom. The summed E-state index contributed by atoms with van der Waals surface area (Å²) >= 11 is 0. The van der Waals surface area contributed by atoms with Crippen molar-refractivity contribution < 1.29 is 19.1 Å². The average molecular weight is 293 g/mol. The molecule has 0 saturated heterocycles. The lowest BCUT2D eigenvalue weighted by Gasteiger charge is -2.28. The maximum atomic E-state index is 12.4. The van der Waals surface area contributed by atoms with Gasteiger partial charge in [0.05, 0.1) is 12.0 Å². The first-order valence-electron chi connectivity index (χ1n) is 7.65. The smallest absolute Gasteiger partial charge is 0.305 e. The molecule has 1 aliphatic rings. The third-order valence-electron chi connectivity index (χ3n) is 4.25. The van der Waals surface area contributed by atoms with Crippen LogP contribution in [-0.4, -0.2) is 22.5 Å². The summed E-state index contributed by atoms with van der Waals surface area (Å²) in [5.74, 6) is -0.0468. The molecule has 5 nitrogen and oxygen atoms in total. The van der Waals surface area contributed by atoms with Crippen LogP contribution in [0, 0.1) is 0 Å². The van der Waals surface area contributed by atoms with Gasteiger partial charge in [0.15, 0.2) is 5.76 Å². The summed E-state index contributed by atoms with van der Waals surface area (Å²) in [6.07, 6.45) is 4.87. The van der Waals surface area contributed by atoms with E-state index < -0.39 is 11.5 Å². The largest absolute Gasteiger partial charge is 0.481 e. The average Bonchev–Trinajstić information content (AvgIpc) is 3.04. The van der Waals surface area contributed by atoms with Crippen LogP contribution < -0.4 is 5.32 Å². The van der Waals surface area contributed by atoms with Crippen LogP contribution in [0.5, 0.6) is 0 Å². The minimum atomic E-state index is -0.875. The predicted molar refractivity (Wildman–Crippen MR) is 78.4 cm³/mol. The van der Waals surface area contributed by atoms with E-state index in [1.54, 1.807) is 6.07 Å². The van der Waals surface area contributed by atoms with Crippen LogP contribution in [0.15, 0.2) is 10.5 Å². The Kier molecular flexibility index (Phi) is 4.70. The Morgan fingerprint density at radius 1 is 1.29 bits per heavy atom. The third-order valence-corrected chi connectivity index (χ3v) is 4.25. The Hall–Kier alpha value is -1.78. The van der Waals surface area contributed by atoms with Crippen LogP contribution in [0.25, 0.3) is 0 Å². The number of rotatable bonds is 6. The highest BCUT2D eigenvalue weighted by Gasteiger charge is 2.38. The van der Waals surface area contributed by atoms with Crippen LogP contribution in [0.1, 0.15) is 67.8 Å². The molecule has 1 fully saturated rings. The molecule has 0 bridgehead atoms. The van der Waals surface area contributed by atoms with Gasteiger partial charge >= 0.3 is 5.97 Å². The fourth-order valence-corrected chi connectivity index (χ4v) is 3.17. The van der Waals surface area contributed by atoms with E-state index in [9.17, 15) is 9.59 Å². The number of carbonyl (C=O) groups excluding carboxylic acids is 1. The Balaban J connectivity index is 2.15. The molecule has 5 heteroatoms. The number of hydrogen-bond donors (Lipinski definition) is 2. The predicted octanol–water partition coefficient (Wildman–Crippen LogP) is 2.92. The van der Waals surface area contributed by atoms with Gasteiger partial charge in [-0.1, -0.05) is 26.7 Å². The van der Waals surface area contributed by atoms with Crippen molar-refractivity contribution in [1.29, 1.82) is 0 Å². The second-order valence-corrected chi connectivity index (χ2v) is 5.78. The molecular formula is C16H23NO4. The van der Waals surface area contributed by atoms with Crippen molar-refractivity contribution in [2.24, 2.45) is 0 Å². The summed E-state index contributed by atoms with van der Waals surface area (Å²) in [7, 11) is 0. The molecule has 0 atom stereocenters. The van der Waals surface area contributed by atoms with E-state index in [0.29, 0.717) is 18.6 Å². The Bertz CT molecular complexity index is 505. The standard InChI is InChI=1S/C16H23NO4/c1-3-11-9-13(21-12(11)4-2)15(20)17-16(10-14(18)19)7-5-6-8-16/h9H,3-8,10H2,1-2H3,(H,17,20)(H,18,19). The van der Waals surface area contributed by atoms with Crippen molar-refractivity contribution in [3.05, 3.63) is 23.2 Å². The molecule has 0 aliphatic heterocycles. The van der Waals surface area contributed by atoms with Gasteiger partial charge in [-0.2, -0.15) is 0 Å². The van der Waals surface area contributed by atoms with Crippen molar-refractivity contribution in [2.75, 3.05) is 0 Å². The SMILES string of the molecule is CCc1cc(C(=O)NC2(CC(=O)O)CCCC2)oc1CC. The molecule has 0 spiro atoms. The lowest BCUT2D eigenvalue weighted by Crippen LogP contribution is -2.47. The van der Waals surface area contributed by atoms with Crippen molar-refractivity contribution in [1.82, 2.24) is 5.32 Å². The molecule has 1 aromatic heterocycles. The number of aliphatic carboxylic acids is 1. The van der Waals surface area contributed by atoms with Crippen LogP contribution in [0.2, 0.25) is 0 Å². The van der Waals surface area contributed by atoms with Gasteiger partial charge in [-0.3, -0.25) is 9.59 Å². The van der Waals surface area contributed by atoms with Gasteiger partial charge in [-0.15, -0.1) is 0 Å². The van der Waals surface area contributed by atoms with Crippen LogP contribution in [0.4, 0.5) is 0 Å². The maximum absolute atomic E-state index is 12.4. The number of nitrogens with one attached hydrogen (secondary N) is 1. The van der Waals surface area contributed by atoms with Crippen molar-refractivity contribution >= 4 is 11.9 Å². The summed E-state index contributed by atoms with van der Waals surface area (Å²) in [6.45, 7) is 4.01. The number of carboxylic acid groups (broad SMARTS) is 1. The number of hydrogen-bond acceptors (Lipinski definition) is 3. The second-order valence-electron chi connectivity index (χ2n) is 5.78. The Morgan fingerprint density at radius 2 is 1.95 bits per heavy atom. The first-order chi connectivity index (χ1) is 9.99. The molecule has 21 heavy (non-hydrogen) atoms. The maximum Gasteiger partial charge on any atom is 0.305 e. The van der Waals surface area contributed by atoms with E-state index in [4.69, 9.17) is 9.52 Å². The monoisotopic (exact) mass is 293 g/mol. The molecule has 1 aromatic rings. The van der Waals surface area contributed by atoms with Gasteiger partial charge in [0, 0.05) is 6.42 Å². The van der Waals surface area contributed by atoms with Gasteiger partial charge in [0.1, 0.15) is 5.76 Å². The van der Waals surface area contributed by atoms with Gasteiger partial charge in [0.2, 0.25) is 0 Å². The topological polar surface area (TPSA) is 79.5 Å². The fraction of sp³-hybridized carbons (Fsp3) is 0.625.